The highest BCUT2D eigenvalue weighted by atomic mass is 14.6. The zero-order chi connectivity index (χ0) is 14.4. The van der Waals surface area contributed by atoms with Crippen LogP contribution in [-0.2, 0) is 6.42 Å². The first-order chi connectivity index (χ1) is 10.3. The van der Waals surface area contributed by atoms with Crippen molar-refractivity contribution in [3.05, 3.63) is 47.0 Å². The number of benzene rings is 1. The van der Waals surface area contributed by atoms with Gasteiger partial charge in [-0.25, -0.2) is 0 Å². The lowest BCUT2D eigenvalue weighted by molar-refractivity contribution is 0.0640. The average molecular weight is 279 g/mol. The van der Waals surface area contributed by atoms with Crippen molar-refractivity contribution in [2.24, 2.45) is 17.3 Å². The third kappa shape index (κ3) is 1.81. The lowest BCUT2D eigenvalue weighted by Crippen LogP contribution is -2.41. The Labute approximate surface area is 129 Å². The molecule has 0 bridgehead atoms. The third-order valence-electron chi connectivity index (χ3n) is 7.12. The fourth-order valence-electron chi connectivity index (χ4n) is 6.22. The Hall–Kier alpha value is -1.04. The summed E-state index contributed by atoms with van der Waals surface area (Å²) in [7, 11) is 0. The molecule has 3 aliphatic rings. The maximum Gasteiger partial charge on any atom is -0.00594 e. The van der Waals surface area contributed by atoms with Gasteiger partial charge in [0.05, 0.1) is 0 Å². The molecule has 1 aromatic carbocycles. The molecule has 0 aliphatic heterocycles. The van der Waals surface area contributed by atoms with Gasteiger partial charge in [0, 0.05) is 0 Å². The lowest BCUT2D eigenvalue weighted by atomic mass is 9.53. The predicted octanol–water partition coefficient (Wildman–Crippen LogP) is 5.68. The van der Waals surface area contributed by atoms with E-state index in [1.54, 1.807) is 16.7 Å². The molecule has 0 aromatic heterocycles. The minimum Gasteiger partial charge on any atom is -0.0879 e. The summed E-state index contributed by atoms with van der Waals surface area (Å²) in [6.45, 7) is 4.71. The van der Waals surface area contributed by atoms with Crippen LogP contribution in [0.1, 0.15) is 69.4 Å². The lowest BCUT2D eigenvalue weighted by Gasteiger charge is -2.51. The number of allylic oxidation sites excluding steroid dienone is 2. The Morgan fingerprint density at radius 3 is 3.00 bits per heavy atom. The molecule has 1 radical (unpaired) electrons. The quantitative estimate of drug-likeness (QED) is 0.580. The van der Waals surface area contributed by atoms with Crippen molar-refractivity contribution < 1.29 is 0 Å². The van der Waals surface area contributed by atoms with Crippen molar-refractivity contribution in [2.45, 2.75) is 64.7 Å². The minimum absolute atomic E-state index is 0.564. The Balaban J connectivity index is 1.73. The zero-order valence-corrected chi connectivity index (χ0v) is 13.5. The smallest absolute Gasteiger partial charge is 0.00594 e. The standard InChI is InChI=1S/C21H27/c1-3-16-10-12-20-19-11-9-15-7-5-6-8-17(15)18(19)13-14-21(16,20)4-2/h3,6-8,18-20H,4,9-14H2,1-2H3/b16-3-/t18-,19-,20+,21-/m1/s1. The molecule has 0 heteroatoms. The summed E-state index contributed by atoms with van der Waals surface area (Å²) in [6, 6.07) is 10.0. The van der Waals surface area contributed by atoms with E-state index in [2.05, 4.69) is 44.2 Å². The van der Waals surface area contributed by atoms with E-state index in [0.717, 1.165) is 17.8 Å². The molecule has 0 amide bonds. The topological polar surface area (TPSA) is 0 Å². The van der Waals surface area contributed by atoms with Crippen LogP contribution in [0, 0.1) is 23.3 Å². The summed E-state index contributed by atoms with van der Waals surface area (Å²) in [5, 5.41) is 0. The van der Waals surface area contributed by atoms with Crippen LogP contribution in [-0.4, -0.2) is 0 Å². The molecule has 0 spiro atoms. The molecule has 0 heterocycles. The molecule has 4 atom stereocenters. The van der Waals surface area contributed by atoms with Gasteiger partial charge in [0.15, 0.2) is 0 Å². The number of hydrogen-bond acceptors (Lipinski definition) is 0. The fourth-order valence-corrected chi connectivity index (χ4v) is 6.22. The van der Waals surface area contributed by atoms with Gasteiger partial charge in [-0.1, -0.05) is 36.8 Å². The van der Waals surface area contributed by atoms with Crippen LogP contribution in [0.4, 0.5) is 0 Å². The van der Waals surface area contributed by atoms with Gasteiger partial charge in [-0.05, 0) is 92.2 Å². The highest BCUT2D eigenvalue weighted by Crippen LogP contribution is 2.64. The van der Waals surface area contributed by atoms with Crippen LogP contribution < -0.4 is 0 Å². The van der Waals surface area contributed by atoms with E-state index in [9.17, 15) is 0 Å². The molecule has 21 heavy (non-hydrogen) atoms. The summed E-state index contributed by atoms with van der Waals surface area (Å²) in [5.41, 5.74) is 5.62. The zero-order valence-electron chi connectivity index (χ0n) is 13.5. The van der Waals surface area contributed by atoms with Gasteiger partial charge in [0.2, 0.25) is 0 Å². The normalized spacial score (nSPS) is 39.7. The van der Waals surface area contributed by atoms with E-state index < -0.39 is 0 Å². The molecule has 4 rings (SSSR count). The Kier molecular flexibility index (Phi) is 3.24. The van der Waals surface area contributed by atoms with Crippen LogP contribution >= 0.6 is 0 Å². The van der Waals surface area contributed by atoms with Gasteiger partial charge >= 0.3 is 0 Å². The van der Waals surface area contributed by atoms with E-state index >= 15 is 0 Å². The van der Waals surface area contributed by atoms with Crippen LogP contribution in [0.5, 0.6) is 0 Å². The van der Waals surface area contributed by atoms with Crippen molar-refractivity contribution in [1.29, 1.82) is 0 Å². The van der Waals surface area contributed by atoms with E-state index in [0.29, 0.717) is 5.41 Å². The molecule has 2 saturated carbocycles. The van der Waals surface area contributed by atoms with Gasteiger partial charge in [0.1, 0.15) is 0 Å². The maximum absolute atomic E-state index is 3.29. The Bertz CT molecular complexity index is 567. The number of fused-ring (bicyclic) bond motifs is 5. The first kappa shape index (κ1) is 13.6. The first-order valence-electron chi connectivity index (χ1n) is 8.94. The van der Waals surface area contributed by atoms with Gasteiger partial charge in [-0.2, -0.15) is 0 Å². The average Bonchev–Trinajstić information content (AvgIpc) is 2.93. The van der Waals surface area contributed by atoms with Crippen molar-refractivity contribution in [2.75, 3.05) is 0 Å². The predicted molar refractivity (Wildman–Crippen MR) is 88.3 cm³/mol. The van der Waals surface area contributed by atoms with E-state index in [4.69, 9.17) is 0 Å². The molecular weight excluding hydrogens is 252 g/mol. The number of rotatable bonds is 1. The Morgan fingerprint density at radius 1 is 1.29 bits per heavy atom. The van der Waals surface area contributed by atoms with Crippen molar-refractivity contribution in [3.8, 4) is 0 Å². The second kappa shape index (κ2) is 5.00. The monoisotopic (exact) mass is 279 g/mol. The number of aryl methyl sites for hydroxylation is 1. The first-order valence-corrected chi connectivity index (χ1v) is 8.94. The fraction of sp³-hybridized carbons (Fsp3) is 0.619. The largest absolute Gasteiger partial charge is 0.0879 e. The van der Waals surface area contributed by atoms with Gasteiger partial charge < -0.3 is 0 Å². The van der Waals surface area contributed by atoms with Crippen LogP contribution in [0.15, 0.2) is 29.8 Å². The summed E-state index contributed by atoms with van der Waals surface area (Å²) in [4.78, 5) is 0. The Morgan fingerprint density at radius 2 is 2.19 bits per heavy atom. The molecule has 0 nitrogen and oxygen atoms in total. The summed E-state index contributed by atoms with van der Waals surface area (Å²) in [5.74, 6) is 2.72. The van der Waals surface area contributed by atoms with Crippen molar-refractivity contribution >= 4 is 0 Å². The summed E-state index contributed by atoms with van der Waals surface area (Å²) in [6.07, 6.45) is 12.2. The third-order valence-corrected chi connectivity index (χ3v) is 7.12. The summed E-state index contributed by atoms with van der Waals surface area (Å²) >= 11 is 0. The highest BCUT2D eigenvalue weighted by Gasteiger charge is 2.53. The molecule has 0 N–H and O–H groups in total. The van der Waals surface area contributed by atoms with Crippen LogP contribution in [0.25, 0.3) is 0 Å². The van der Waals surface area contributed by atoms with Crippen molar-refractivity contribution in [3.63, 3.8) is 0 Å². The highest BCUT2D eigenvalue weighted by molar-refractivity contribution is 5.36. The van der Waals surface area contributed by atoms with Crippen LogP contribution in [0.3, 0.4) is 0 Å². The summed E-state index contributed by atoms with van der Waals surface area (Å²) < 4.78 is 0. The SMILES string of the molecule is C/C=C1/CC[C@H]2[C@@H]3CCc4c[c]ccc4[C@H]3CC[C@]12CC. The molecule has 0 saturated heterocycles. The van der Waals surface area contributed by atoms with Crippen molar-refractivity contribution in [1.82, 2.24) is 0 Å². The van der Waals surface area contributed by atoms with E-state index in [-0.39, 0.29) is 0 Å². The van der Waals surface area contributed by atoms with Gasteiger partial charge in [-0.15, -0.1) is 0 Å². The molecule has 111 valence electrons. The second-order valence-electron chi connectivity index (χ2n) is 7.44. The maximum atomic E-state index is 3.29. The number of hydrogen-bond donors (Lipinski definition) is 0. The van der Waals surface area contributed by atoms with E-state index in [1.165, 1.54) is 44.9 Å². The van der Waals surface area contributed by atoms with Gasteiger partial charge in [0.25, 0.3) is 0 Å². The molecular formula is C21H27. The second-order valence-corrected chi connectivity index (χ2v) is 7.44. The van der Waals surface area contributed by atoms with Gasteiger partial charge in [-0.3, -0.25) is 0 Å². The minimum atomic E-state index is 0.564. The van der Waals surface area contributed by atoms with E-state index in [1.807, 2.05) is 0 Å². The molecule has 3 aliphatic carbocycles. The molecule has 1 aromatic rings. The molecule has 2 fully saturated rings. The molecule has 0 unspecified atom stereocenters. The van der Waals surface area contributed by atoms with Crippen LogP contribution in [0.2, 0.25) is 0 Å².